The van der Waals surface area contributed by atoms with Crippen molar-refractivity contribution in [2.24, 2.45) is 0 Å². The summed E-state index contributed by atoms with van der Waals surface area (Å²) in [4.78, 5) is 14.5. The molecule has 0 fully saturated rings. The predicted octanol–water partition coefficient (Wildman–Crippen LogP) is 4.57. The van der Waals surface area contributed by atoms with Crippen molar-refractivity contribution in [2.75, 3.05) is 26.9 Å². The largest absolute Gasteiger partial charge is 0.494 e. The van der Waals surface area contributed by atoms with Crippen LogP contribution in [0.5, 0.6) is 17.2 Å². The van der Waals surface area contributed by atoms with E-state index < -0.39 is 6.10 Å². The average Bonchev–Trinajstić information content (AvgIpc) is 2.73. The van der Waals surface area contributed by atoms with Gasteiger partial charge >= 0.3 is 0 Å². The Hall–Kier alpha value is -2.70. The van der Waals surface area contributed by atoms with Gasteiger partial charge in [0, 0.05) is 24.7 Å². The van der Waals surface area contributed by atoms with Gasteiger partial charge in [-0.3, -0.25) is 4.79 Å². The number of aliphatic hydroxyl groups is 1. The number of carbonyl (C=O) groups excluding carboxylic acids is 1. The summed E-state index contributed by atoms with van der Waals surface area (Å²) in [5.74, 6) is 1.45. The second-order valence-corrected chi connectivity index (χ2v) is 7.32. The maximum Gasteiger partial charge on any atom is 0.246 e. The average molecular weight is 448 g/mol. The zero-order valence-corrected chi connectivity index (χ0v) is 19.2. The van der Waals surface area contributed by atoms with Gasteiger partial charge < -0.3 is 24.2 Å². The van der Waals surface area contributed by atoms with Crippen molar-refractivity contribution in [3.63, 3.8) is 0 Å². The van der Waals surface area contributed by atoms with Crippen LogP contribution in [0.15, 0.2) is 42.5 Å². The molecule has 0 spiro atoms. The summed E-state index contributed by atoms with van der Waals surface area (Å²) >= 11 is 6.29. The molecular weight excluding hydrogens is 418 g/mol. The Bertz CT molecular complexity index is 898. The van der Waals surface area contributed by atoms with Gasteiger partial charge in [-0.15, -0.1) is 0 Å². The van der Waals surface area contributed by atoms with Crippen LogP contribution in [-0.4, -0.2) is 48.9 Å². The number of rotatable bonds is 11. The Morgan fingerprint density at radius 1 is 1.16 bits per heavy atom. The summed E-state index contributed by atoms with van der Waals surface area (Å²) in [6, 6.07) is 11.0. The second kappa shape index (κ2) is 12.2. The maximum absolute atomic E-state index is 12.9. The van der Waals surface area contributed by atoms with E-state index in [0.717, 1.165) is 11.3 Å². The normalized spacial score (nSPS) is 11.9. The van der Waals surface area contributed by atoms with Gasteiger partial charge in [-0.25, -0.2) is 0 Å². The monoisotopic (exact) mass is 447 g/mol. The smallest absolute Gasteiger partial charge is 0.246 e. The van der Waals surface area contributed by atoms with E-state index in [4.69, 9.17) is 25.8 Å². The molecule has 1 atom stereocenters. The lowest BCUT2D eigenvalue weighted by atomic mass is 10.1. The van der Waals surface area contributed by atoms with Gasteiger partial charge in [0.1, 0.15) is 5.75 Å². The fourth-order valence-electron chi connectivity index (χ4n) is 3.11. The van der Waals surface area contributed by atoms with Crippen molar-refractivity contribution in [3.05, 3.63) is 58.6 Å². The van der Waals surface area contributed by atoms with Gasteiger partial charge in [0.2, 0.25) is 5.91 Å². The Labute approximate surface area is 189 Å². The number of para-hydroxylation sites is 1. The number of methoxy groups -OCH3 is 1. The number of amides is 1. The van der Waals surface area contributed by atoms with E-state index >= 15 is 0 Å². The molecule has 0 bridgehead atoms. The number of benzene rings is 2. The van der Waals surface area contributed by atoms with E-state index in [-0.39, 0.29) is 12.5 Å². The van der Waals surface area contributed by atoms with Crippen molar-refractivity contribution in [2.45, 2.75) is 33.4 Å². The molecule has 0 aliphatic rings. The molecule has 7 heteroatoms. The first kappa shape index (κ1) is 24.6. The number of hydrogen-bond donors (Lipinski definition) is 1. The molecule has 0 heterocycles. The third kappa shape index (κ3) is 7.19. The van der Waals surface area contributed by atoms with Gasteiger partial charge in [0.25, 0.3) is 0 Å². The molecule has 31 heavy (non-hydrogen) atoms. The van der Waals surface area contributed by atoms with E-state index in [0.29, 0.717) is 41.8 Å². The van der Waals surface area contributed by atoms with Crippen LogP contribution in [0.4, 0.5) is 0 Å². The molecule has 0 aromatic heterocycles. The van der Waals surface area contributed by atoms with Crippen molar-refractivity contribution < 1.29 is 24.1 Å². The molecular formula is C24H30ClNO5. The molecule has 0 aliphatic heterocycles. The van der Waals surface area contributed by atoms with Crippen LogP contribution >= 0.6 is 11.6 Å². The number of halogens is 1. The SMILES string of the molecule is CCOc1ccccc1CN(C[C@H](C)O)C(=O)/C=C/c1cc(Cl)c(OC)c(OCC)c1. The summed E-state index contributed by atoms with van der Waals surface area (Å²) in [7, 11) is 1.52. The predicted molar refractivity (Wildman–Crippen MR) is 123 cm³/mol. The lowest BCUT2D eigenvalue weighted by molar-refractivity contribution is -0.127. The number of nitrogens with zero attached hydrogens (tertiary/aromatic N) is 1. The Kier molecular flexibility index (Phi) is 9.69. The standard InChI is InChI=1S/C24H30ClNO5/c1-5-30-21-10-8-7-9-19(21)16-26(15-17(3)27)23(28)12-11-18-13-20(25)24(29-4)22(14-18)31-6-2/h7-14,17,27H,5-6,15-16H2,1-4H3/b12-11+/t17-/m0/s1. The van der Waals surface area contributed by atoms with Crippen molar-refractivity contribution in [1.82, 2.24) is 4.90 Å². The third-order valence-corrected chi connectivity index (χ3v) is 4.66. The lowest BCUT2D eigenvalue weighted by Crippen LogP contribution is -2.35. The van der Waals surface area contributed by atoms with E-state index in [1.807, 2.05) is 38.1 Å². The molecule has 0 saturated heterocycles. The van der Waals surface area contributed by atoms with Crippen LogP contribution in [0.2, 0.25) is 5.02 Å². The zero-order chi connectivity index (χ0) is 22.8. The van der Waals surface area contributed by atoms with Gasteiger partial charge in [0.05, 0.1) is 31.5 Å². The van der Waals surface area contributed by atoms with Crippen molar-refractivity contribution in [1.29, 1.82) is 0 Å². The molecule has 1 N–H and O–H groups in total. The van der Waals surface area contributed by atoms with Crippen LogP contribution in [0.3, 0.4) is 0 Å². The van der Waals surface area contributed by atoms with Gasteiger partial charge in [-0.2, -0.15) is 0 Å². The molecule has 0 unspecified atom stereocenters. The van der Waals surface area contributed by atoms with Crippen LogP contribution in [0, 0.1) is 0 Å². The van der Waals surface area contributed by atoms with Gasteiger partial charge in [0.15, 0.2) is 11.5 Å². The van der Waals surface area contributed by atoms with Crippen LogP contribution in [0.25, 0.3) is 6.08 Å². The molecule has 0 radical (unpaired) electrons. The van der Waals surface area contributed by atoms with E-state index in [9.17, 15) is 9.90 Å². The molecule has 2 aromatic rings. The fourth-order valence-corrected chi connectivity index (χ4v) is 3.40. The summed E-state index contributed by atoms with van der Waals surface area (Å²) in [5.41, 5.74) is 1.58. The highest BCUT2D eigenvalue weighted by Gasteiger charge is 2.17. The molecule has 2 rings (SSSR count). The van der Waals surface area contributed by atoms with Crippen LogP contribution in [-0.2, 0) is 11.3 Å². The molecule has 1 amide bonds. The lowest BCUT2D eigenvalue weighted by Gasteiger charge is -2.24. The van der Waals surface area contributed by atoms with Crippen molar-refractivity contribution in [3.8, 4) is 17.2 Å². The minimum absolute atomic E-state index is 0.192. The quantitative estimate of drug-likeness (QED) is 0.511. The first-order chi connectivity index (χ1) is 14.9. The first-order valence-corrected chi connectivity index (χ1v) is 10.6. The van der Waals surface area contributed by atoms with Crippen LogP contribution < -0.4 is 14.2 Å². The second-order valence-electron chi connectivity index (χ2n) is 6.91. The maximum atomic E-state index is 12.9. The van der Waals surface area contributed by atoms with Crippen molar-refractivity contribution >= 4 is 23.6 Å². The molecule has 0 aliphatic carbocycles. The number of ether oxygens (including phenoxy) is 3. The number of hydrogen-bond acceptors (Lipinski definition) is 5. The van der Waals surface area contributed by atoms with E-state index in [1.54, 1.807) is 30.0 Å². The fraction of sp³-hybridized carbons (Fsp3) is 0.375. The summed E-state index contributed by atoms with van der Waals surface area (Å²) in [5, 5.41) is 10.3. The van der Waals surface area contributed by atoms with Crippen LogP contribution in [0.1, 0.15) is 31.9 Å². The first-order valence-electron chi connectivity index (χ1n) is 10.3. The zero-order valence-electron chi connectivity index (χ0n) is 18.4. The molecule has 168 valence electrons. The minimum atomic E-state index is -0.670. The minimum Gasteiger partial charge on any atom is -0.494 e. The summed E-state index contributed by atoms with van der Waals surface area (Å²) < 4.78 is 16.5. The highest BCUT2D eigenvalue weighted by molar-refractivity contribution is 6.32. The highest BCUT2D eigenvalue weighted by atomic mass is 35.5. The Balaban J connectivity index is 2.25. The Morgan fingerprint density at radius 2 is 1.84 bits per heavy atom. The third-order valence-electron chi connectivity index (χ3n) is 4.38. The topological polar surface area (TPSA) is 68.2 Å². The van der Waals surface area contributed by atoms with E-state index in [2.05, 4.69) is 0 Å². The molecule has 6 nitrogen and oxygen atoms in total. The van der Waals surface area contributed by atoms with Gasteiger partial charge in [-0.1, -0.05) is 29.8 Å². The highest BCUT2D eigenvalue weighted by Crippen LogP contribution is 2.36. The molecule has 0 saturated carbocycles. The van der Waals surface area contributed by atoms with Gasteiger partial charge in [-0.05, 0) is 50.6 Å². The molecule has 2 aromatic carbocycles. The number of aliphatic hydroxyl groups excluding tert-OH is 1. The summed E-state index contributed by atoms with van der Waals surface area (Å²) in [6.07, 6.45) is 2.45. The number of carbonyl (C=O) groups is 1. The Morgan fingerprint density at radius 3 is 2.48 bits per heavy atom. The van der Waals surface area contributed by atoms with E-state index in [1.165, 1.54) is 13.2 Å². The summed E-state index contributed by atoms with van der Waals surface area (Å²) in [6.45, 7) is 6.93.